The van der Waals surface area contributed by atoms with E-state index in [1.54, 1.807) is 6.20 Å². The Bertz CT molecular complexity index is 682. The SMILES string of the molecule is CCNC(=NCc1ccc(C)cc1C)NCCCCNc1ccccn1. The Morgan fingerprint density at radius 3 is 2.62 bits per heavy atom. The number of aromatic nitrogens is 1. The lowest BCUT2D eigenvalue weighted by molar-refractivity contribution is 0.712. The number of guanidine groups is 1. The van der Waals surface area contributed by atoms with E-state index < -0.39 is 0 Å². The van der Waals surface area contributed by atoms with Gasteiger partial charge in [-0.05, 0) is 56.9 Å². The molecule has 0 unspecified atom stereocenters. The molecule has 0 aliphatic carbocycles. The molecule has 0 atom stereocenters. The fourth-order valence-electron chi connectivity index (χ4n) is 2.67. The zero-order valence-electron chi connectivity index (χ0n) is 16.2. The van der Waals surface area contributed by atoms with Gasteiger partial charge in [-0.15, -0.1) is 0 Å². The largest absolute Gasteiger partial charge is 0.370 e. The van der Waals surface area contributed by atoms with Crippen molar-refractivity contribution in [2.24, 2.45) is 4.99 Å². The van der Waals surface area contributed by atoms with Gasteiger partial charge in [0.2, 0.25) is 0 Å². The lowest BCUT2D eigenvalue weighted by Gasteiger charge is -2.12. The predicted octanol–water partition coefficient (Wildman–Crippen LogP) is 3.65. The van der Waals surface area contributed by atoms with E-state index in [9.17, 15) is 0 Å². The highest BCUT2D eigenvalue weighted by atomic mass is 15.2. The molecule has 0 aliphatic heterocycles. The van der Waals surface area contributed by atoms with Gasteiger partial charge < -0.3 is 16.0 Å². The standard InChI is InChI=1S/C21H31N5/c1-4-22-21(26-16-19-11-10-17(2)15-18(19)3)25-14-8-7-13-24-20-9-5-6-12-23-20/h5-6,9-12,15H,4,7-8,13-14,16H2,1-3H3,(H,23,24)(H2,22,25,26). The number of benzene rings is 1. The summed E-state index contributed by atoms with van der Waals surface area (Å²) in [5.41, 5.74) is 3.86. The Balaban J connectivity index is 1.71. The molecular weight excluding hydrogens is 322 g/mol. The second-order valence-electron chi connectivity index (χ2n) is 6.40. The molecule has 0 aliphatic rings. The zero-order valence-corrected chi connectivity index (χ0v) is 16.2. The number of hydrogen-bond donors (Lipinski definition) is 3. The predicted molar refractivity (Wildman–Crippen MR) is 111 cm³/mol. The lowest BCUT2D eigenvalue weighted by Crippen LogP contribution is -2.37. The first-order valence-electron chi connectivity index (χ1n) is 9.42. The fourth-order valence-corrected chi connectivity index (χ4v) is 2.67. The Labute approximate surface area is 157 Å². The molecule has 0 amide bonds. The number of nitrogens with one attached hydrogen (secondary N) is 3. The molecule has 0 bridgehead atoms. The van der Waals surface area contributed by atoms with Crippen LogP contribution in [0.4, 0.5) is 5.82 Å². The fraction of sp³-hybridized carbons (Fsp3) is 0.429. The molecule has 26 heavy (non-hydrogen) atoms. The van der Waals surface area contributed by atoms with Gasteiger partial charge in [0.25, 0.3) is 0 Å². The minimum Gasteiger partial charge on any atom is -0.370 e. The zero-order chi connectivity index (χ0) is 18.6. The van der Waals surface area contributed by atoms with E-state index in [-0.39, 0.29) is 0 Å². The monoisotopic (exact) mass is 353 g/mol. The summed E-state index contributed by atoms with van der Waals surface area (Å²) >= 11 is 0. The average Bonchev–Trinajstić information content (AvgIpc) is 2.64. The van der Waals surface area contributed by atoms with E-state index in [4.69, 9.17) is 4.99 Å². The smallest absolute Gasteiger partial charge is 0.191 e. The maximum atomic E-state index is 4.71. The quantitative estimate of drug-likeness (QED) is 0.366. The van der Waals surface area contributed by atoms with Gasteiger partial charge in [0.05, 0.1) is 6.54 Å². The van der Waals surface area contributed by atoms with E-state index in [2.05, 4.69) is 59.9 Å². The van der Waals surface area contributed by atoms with Crippen molar-refractivity contribution in [3.05, 3.63) is 59.3 Å². The molecule has 3 N–H and O–H groups in total. The van der Waals surface area contributed by atoms with Crippen molar-refractivity contribution < 1.29 is 0 Å². The van der Waals surface area contributed by atoms with Crippen LogP contribution in [0.25, 0.3) is 0 Å². The summed E-state index contributed by atoms with van der Waals surface area (Å²) < 4.78 is 0. The molecule has 0 spiro atoms. The van der Waals surface area contributed by atoms with Crippen LogP contribution in [0.2, 0.25) is 0 Å². The second-order valence-corrected chi connectivity index (χ2v) is 6.40. The Morgan fingerprint density at radius 1 is 1.04 bits per heavy atom. The van der Waals surface area contributed by atoms with Gasteiger partial charge in [-0.1, -0.05) is 29.8 Å². The minimum absolute atomic E-state index is 0.697. The van der Waals surface area contributed by atoms with Crippen molar-refractivity contribution in [3.63, 3.8) is 0 Å². The maximum absolute atomic E-state index is 4.71. The van der Waals surface area contributed by atoms with E-state index >= 15 is 0 Å². The molecule has 5 nitrogen and oxygen atoms in total. The summed E-state index contributed by atoms with van der Waals surface area (Å²) in [4.78, 5) is 8.97. The van der Waals surface area contributed by atoms with E-state index in [1.165, 1.54) is 16.7 Å². The first kappa shape index (κ1) is 19.8. The van der Waals surface area contributed by atoms with Crippen LogP contribution in [0.15, 0.2) is 47.6 Å². The molecule has 1 aromatic heterocycles. The molecule has 1 aromatic carbocycles. The number of rotatable bonds is 9. The van der Waals surface area contributed by atoms with Gasteiger partial charge in [0.1, 0.15) is 5.82 Å². The van der Waals surface area contributed by atoms with Gasteiger partial charge >= 0.3 is 0 Å². The van der Waals surface area contributed by atoms with Gasteiger partial charge in [-0.3, -0.25) is 0 Å². The Hall–Kier alpha value is -2.56. The van der Waals surface area contributed by atoms with Crippen molar-refractivity contribution in [2.45, 2.75) is 40.2 Å². The maximum Gasteiger partial charge on any atom is 0.191 e. The highest BCUT2D eigenvalue weighted by molar-refractivity contribution is 5.79. The van der Waals surface area contributed by atoms with Crippen molar-refractivity contribution in [2.75, 3.05) is 25.0 Å². The normalized spacial score (nSPS) is 11.3. The first-order chi connectivity index (χ1) is 12.7. The number of aryl methyl sites for hydroxylation is 2. The van der Waals surface area contributed by atoms with Crippen LogP contribution in [-0.4, -0.2) is 30.6 Å². The third-order valence-electron chi connectivity index (χ3n) is 4.12. The van der Waals surface area contributed by atoms with Gasteiger partial charge in [0, 0.05) is 25.8 Å². The summed E-state index contributed by atoms with van der Waals surface area (Å²) in [5.74, 6) is 1.81. The molecular formula is C21H31N5. The van der Waals surface area contributed by atoms with Crippen LogP contribution in [0.5, 0.6) is 0 Å². The molecule has 0 fully saturated rings. The molecule has 140 valence electrons. The van der Waals surface area contributed by atoms with Gasteiger partial charge in [-0.25, -0.2) is 9.98 Å². The van der Waals surface area contributed by atoms with Crippen LogP contribution < -0.4 is 16.0 Å². The Kier molecular flexibility index (Phi) is 8.46. The number of nitrogens with zero attached hydrogens (tertiary/aromatic N) is 2. The average molecular weight is 354 g/mol. The topological polar surface area (TPSA) is 61.3 Å². The first-order valence-corrected chi connectivity index (χ1v) is 9.42. The molecule has 5 heteroatoms. The van der Waals surface area contributed by atoms with Gasteiger partial charge in [0.15, 0.2) is 5.96 Å². The van der Waals surface area contributed by atoms with E-state index in [0.29, 0.717) is 6.54 Å². The van der Waals surface area contributed by atoms with Crippen LogP contribution >= 0.6 is 0 Å². The number of hydrogen-bond acceptors (Lipinski definition) is 3. The summed E-state index contributed by atoms with van der Waals surface area (Å²) in [5, 5.41) is 10.1. The third kappa shape index (κ3) is 7.13. The molecule has 1 heterocycles. The summed E-state index contributed by atoms with van der Waals surface area (Å²) in [6.45, 7) is 9.74. The van der Waals surface area contributed by atoms with Crippen LogP contribution in [-0.2, 0) is 6.54 Å². The van der Waals surface area contributed by atoms with Crippen LogP contribution in [0.3, 0.4) is 0 Å². The van der Waals surface area contributed by atoms with Crippen molar-refractivity contribution in [1.29, 1.82) is 0 Å². The number of aliphatic imine (C=N–C) groups is 1. The highest BCUT2D eigenvalue weighted by Gasteiger charge is 2.00. The summed E-state index contributed by atoms with van der Waals surface area (Å²) in [6, 6.07) is 12.4. The second kappa shape index (κ2) is 11.1. The van der Waals surface area contributed by atoms with Crippen molar-refractivity contribution in [3.8, 4) is 0 Å². The molecule has 0 saturated heterocycles. The molecule has 2 aromatic rings. The summed E-state index contributed by atoms with van der Waals surface area (Å²) in [6.07, 6.45) is 3.96. The third-order valence-corrected chi connectivity index (χ3v) is 4.12. The van der Waals surface area contributed by atoms with E-state index in [1.807, 2.05) is 18.2 Å². The molecule has 2 rings (SSSR count). The summed E-state index contributed by atoms with van der Waals surface area (Å²) in [7, 11) is 0. The lowest BCUT2D eigenvalue weighted by atomic mass is 10.1. The van der Waals surface area contributed by atoms with Crippen molar-refractivity contribution in [1.82, 2.24) is 15.6 Å². The molecule has 0 radical (unpaired) electrons. The Morgan fingerprint density at radius 2 is 1.88 bits per heavy atom. The number of unbranched alkanes of at least 4 members (excludes halogenated alkanes) is 1. The minimum atomic E-state index is 0.697. The number of pyridine rings is 1. The van der Waals surface area contributed by atoms with Crippen LogP contribution in [0, 0.1) is 13.8 Å². The number of anilines is 1. The van der Waals surface area contributed by atoms with Crippen molar-refractivity contribution >= 4 is 11.8 Å². The molecule has 0 saturated carbocycles. The highest BCUT2D eigenvalue weighted by Crippen LogP contribution is 2.11. The van der Waals surface area contributed by atoms with E-state index in [0.717, 1.165) is 44.3 Å². The van der Waals surface area contributed by atoms with Gasteiger partial charge in [-0.2, -0.15) is 0 Å². The van der Waals surface area contributed by atoms with Crippen LogP contribution in [0.1, 0.15) is 36.5 Å².